The van der Waals surface area contributed by atoms with E-state index in [1.54, 1.807) is 6.07 Å². The molecule has 1 aliphatic heterocycles. The van der Waals surface area contributed by atoms with Gasteiger partial charge in [0.1, 0.15) is 11.9 Å². The van der Waals surface area contributed by atoms with Gasteiger partial charge in [0.15, 0.2) is 0 Å². The van der Waals surface area contributed by atoms with Gasteiger partial charge in [0.2, 0.25) is 0 Å². The van der Waals surface area contributed by atoms with Gasteiger partial charge < -0.3 is 15.2 Å². The lowest BCUT2D eigenvalue weighted by Gasteiger charge is -2.27. The molecule has 0 radical (unpaired) electrons. The van der Waals surface area contributed by atoms with E-state index in [2.05, 4.69) is 10.1 Å². The van der Waals surface area contributed by atoms with Crippen LogP contribution < -0.4 is 10.1 Å². The highest BCUT2D eigenvalue weighted by atomic mass is 19.3. The maximum atomic E-state index is 13.0. The van der Waals surface area contributed by atoms with Crippen molar-refractivity contribution in [2.24, 2.45) is 0 Å². The van der Waals surface area contributed by atoms with E-state index in [1.807, 2.05) is 0 Å². The molecule has 1 heterocycles. The summed E-state index contributed by atoms with van der Waals surface area (Å²) in [6, 6.07) is 4.41. The number of nitrogens with one attached hydrogen (secondary N) is 1. The van der Waals surface area contributed by atoms with E-state index >= 15 is 0 Å². The number of ether oxygens (including phenoxy) is 1. The van der Waals surface area contributed by atoms with Gasteiger partial charge in [-0.1, -0.05) is 6.07 Å². The summed E-state index contributed by atoms with van der Waals surface area (Å²) in [5, 5.41) is 12.4. The van der Waals surface area contributed by atoms with Crippen molar-refractivity contribution >= 4 is 0 Å². The van der Waals surface area contributed by atoms with Gasteiger partial charge in [-0.3, -0.25) is 0 Å². The summed E-state index contributed by atoms with van der Waals surface area (Å²) in [6.07, 6.45) is 0.219. The first-order valence-electron chi connectivity index (χ1n) is 6.16. The predicted molar refractivity (Wildman–Crippen MR) is 63.9 cm³/mol. The van der Waals surface area contributed by atoms with Crippen LogP contribution in [0.4, 0.5) is 13.2 Å². The molecule has 2 atom stereocenters. The zero-order valence-corrected chi connectivity index (χ0v) is 10.3. The summed E-state index contributed by atoms with van der Waals surface area (Å²) in [4.78, 5) is 0. The Morgan fingerprint density at radius 3 is 2.74 bits per heavy atom. The fraction of sp³-hybridized carbons (Fsp3) is 0.538. The third-order valence-electron chi connectivity index (χ3n) is 3.24. The number of hydrogen-bond acceptors (Lipinski definition) is 3. The molecule has 1 fully saturated rings. The van der Waals surface area contributed by atoms with Gasteiger partial charge in [-0.05, 0) is 36.1 Å². The van der Waals surface area contributed by atoms with Gasteiger partial charge in [-0.25, -0.2) is 4.39 Å². The van der Waals surface area contributed by atoms with Crippen LogP contribution >= 0.6 is 0 Å². The Kier molecular flexibility index (Phi) is 4.66. The zero-order valence-electron chi connectivity index (χ0n) is 10.3. The second-order valence-electron chi connectivity index (χ2n) is 4.53. The molecule has 0 aromatic heterocycles. The molecule has 1 aromatic carbocycles. The topological polar surface area (TPSA) is 41.5 Å². The first kappa shape index (κ1) is 14.1. The third-order valence-corrected chi connectivity index (χ3v) is 3.24. The van der Waals surface area contributed by atoms with E-state index in [1.165, 1.54) is 12.1 Å². The first-order chi connectivity index (χ1) is 9.10. The lowest BCUT2D eigenvalue weighted by Crippen LogP contribution is -2.34. The summed E-state index contributed by atoms with van der Waals surface area (Å²) in [5.41, 5.74) is 1.32. The fourth-order valence-corrected chi connectivity index (χ4v) is 2.32. The van der Waals surface area contributed by atoms with Crippen molar-refractivity contribution in [1.29, 1.82) is 0 Å². The zero-order chi connectivity index (χ0) is 13.8. The molecule has 0 bridgehead atoms. The monoisotopic (exact) mass is 275 g/mol. The maximum Gasteiger partial charge on any atom is 0.387 e. The summed E-state index contributed by atoms with van der Waals surface area (Å²) < 4.78 is 41.6. The van der Waals surface area contributed by atoms with Crippen LogP contribution in [0.25, 0.3) is 0 Å². The van der Waals surface area contributed by atoms with Crippen LogP contribution in [0, 0.1) is 0 Å². The molecule has 0 saturated carbocycles. The minimum atomic E-state index is -2.89. The molecule has 1 aliphatic rings. The summed E-state index contributed by atoms with van der Waals surface area (Å²) in [6.45, 7) is -2.89. The second-order valence-corrected chi connectivity index (χ2v) is 4.53. The molecule has 0 amide bonds. The van der Waals surface area contributed by atoms with Crippen molar-refractivity contribution in [2.75, 3.05) is 6.54 Å². The predicted octanol–water partition coefficient (Wildman–Crippen LogP) is 2.54. The summed E-state index contributed by atoms with van der Waals surface area (Å²) >= 11 is 0. The molecule has 3 nitrogen and oxygen atoms in total. The quantitative estimate of drug-likeness (QED) is 0.887. The Bertz CT molecular complexity index is 420. The molecule has 1 saturated heterocycles. The molecular formula is C13H16F3NO2. The minimum absolute atomic E-state index is 0.0157. The standard InChI is InChI=1S/C13H16F3NO2/c14-9-1-4-12(17-6-9)11-3-2-10(19-13(15)16)5-8(11)7-18/h2-3,5,9,12-13,17-18H,1,4,6-7H2/t9-,12-/m1/s1. The SMILES string of the molecule is OCc1cc(OC(F)F)ccc1[C@H]1CC[C@@H](F)CN1. The Balaban J connectivity index is 2.16. The lowest BCUT2D eigenvalue weighted by molar-refractivity contribution is -0.0499. The van der Waals surface area contributed by atoms with Gasteiger partial charge in [0.05, 0.1) is 6.61 Å². The van der Waals surface area contributed by atoms with Crippen LogP contribution in [0.5, 0.6) is 5.75 Å². The van der Waals surface area contributed by atoms with Crippen LogP contribution in [0.15, 0.2) is 18.2 Å². The normalized spacial score (nSPS) is 23.6. The molecule has 0 aliphatic carbocycles. The molecule has 106 valence electrons. The average Bonchev–Trinajstić information content (AvgIpc) is 2.39. The van der Waals surface area contributed by atoms with Gasteiger partial charge in [0.25, 0.3) is 0 Å². The number of aliphatic hydroxyl groups is 1. The van der Waals surface area contributed by atoms with Crippen LogP contribution in [0.3, 0.4) is 0 Å². The van der Waals surface area contributed by atoms with Gasteiger partial charge in [-0.2, -0.15) is 8.78 Å². The fourth-order valence-electron chi connectivity index (χ4n) is 2.32. The molecule has 2 N–H and O–H groups in total. The van der Waals surface area contributed by atoms with Crippen LogP contribution in [-0.2, 0) is 6.61 Å². The largest absolute Gasteiger partial charge is 0.435 e. The highest BCUT2D eigenvalue weighted by Gasteiger charge is 2.23. The maximum absolute atomic E-state index is 13.0. The van der Waals surface area contributed by atoms with Gasteiger partial charge >= 0.3 is 6.61 Å². The Labute approximate surface area is 109 Å². The second kappa shape index (κ2) is 6.25. The molecular weight excluding hydrogens is 259 g/mol. The number of piperidine rings is 1. The number of aliphatic hydroxyl groups excluding tert-OH is 1. The number of hydrogen-bond donors (Lipinski definition) is 2. The molecule has 2 rings (SSSR count). The van der Waals surface area contributed by atoms with Gasteiger partial charge in [-0.15, -0.1) is 0 Å². The van der Waals surface area contributed by atoms with E-state index in [-0.39, 0.29) is 24.9 Å². The van der Waals surface area contributed by atoms with Crippen molar-refractivity contribution in [3.8, 4) is 5.75 Å². The van der Waals surface area contributed by atoms with Crippen LogP contribution in [0.1, 0.15) is 30.0 Å². The Morgan fingerprint density at radius 1 is 1.37 bits per heavy atom. The van der Waals surface area contributed by atoms with E-state index in [0.29, 0.717) is 18.4 Å². The smallest absolute Gasteiger partial charge is 0.387 e. The van der Waals surface area contributed by atoms with Crippen molar-refractivity contribution in [3.05, 3.63) is 29.3 Å². The van der Waals surface area contributed by atoms with Gasteiger partial charge in [0, 0.05) is 12.6 Å². The Morgan fingerprint density at radius 2 is 2.16 bits per heavy atom. The van der Waals surface area contributed by atoms with Crippen molar-refractivity contribution in [1.82, 2.24) is 5.32 Å². The third kappa shape index (κ3) is 3.61. The van der Waals surface area contributed by atoms with Crippen molar-refractivity contribution < 1.29 is 23.0 Å². The first-order valence-corrected chi connectivity index (χ1v) is 6.16. The van der Waals surface area contributed by atoms with E-state index in [0.717, 1.165) is 5.56 Å². The molecule has 19 heavy (non-hydrogen) atoms. The number of alkyl halides is 3. The van der Waals surface area contributed by atoms with E-state index in [4.69, 9.17) is 0 Å². The number of rotatable bonds is 4. The van der Waals surface area contributed by atoms with E-state index in [9.17, 15) is 18.3 Å². The highest BCUT2D eigenvalue weighted by Crippen LogP contribution is 2.29. The van der Waals surface area contributed by atoms with Crippen molar-refractivity contribution in [2.45, 2.75) is 38.3 Å². The average molecular weight is 275 g/mol. The van der Waals surface area contributed by atoms with Crippen LogP contribution in [0.2, 0.25) is 0 Å². The van der Waals surface area contributed by atoms with E-state index < -0.39 is 12.8 Å². The van der Waals surface area contributed by atoms with Crippen molar-refractivity contribution in [3.63, 3.8) is 0 Å². The summed E-state index contributed by atoms with van der Waals surface area (Å²) in [7, 11) is 0. The highest BCUT2D eigenvalue weighted by molar-refractivity contribution is 5.37. The minimum Gasteiger partial charge on any atom is -0.435 e. The molecule has 0 spiro atoms. The summed E-state index contributed by atoms with van der Waals surface area (Å²) in [5.74, 6) is 0.0157. The number of benzene rings is 1. The van der Waals surface area contributed by atoms with Crippen LogP contribution in [-0.4, -0.2) is 24.4 Å². The molecule has 6 heteroatoms. The molecule has 0 unspecified atom stereocenters. The lowest BCUT2D eigenvalue weighted by atomic mass is 9.93. The Hall–Kier alpha value is -1.27. The number of halogens is 3. The molecule has 1 aromatic rings.